The summed E-state index contributed by atoms with van der Waals surface area (Å²) in [5, 5.41) is 0.612. The Morgan fingerprint density at radius 3 is 2.71 bits per heavy atom. The van der Waals surface area contributed by atoms with E-state index >= 15 is 0 Å². The van der Waals surface area contributed by atoms with Gasteiger partial charge in [-0.05, 0) is 17.7 Å². The molecule has 1 heterocycles. The Hall–Kier alpha value is -1.55. The highest BCUT2D eigenvalue weighted by Gasteiger charge is 2.29. The predicted molar refractivity (Wildman–Crippen MR) is 60.6 cm³/mol. The lowest BCUT2D eigenvalue weighted by Gasteiger charge is -2.08. The van der Waals surface area contributed by atoms with E-state index in [0.717, 1.165) is 5.56 Å². The van der Waals surface area contributed by atoms with Gasteiger partial charge in [0.15, 0.2) is 0 Å². The molecule has 17 heavy (non-hydrogen) atoms. The summed E-state index contributed by atoms with van der Waals surface area (Å²) in [6, 6.07) is 6.90. The van der Waals surface area contributed by atoms with Crippen LogP contribution in [0.1, 0.15) is 12.0 Å². The number of hydrogen-bond donors (Lipinski definition) is 0. The summed E-state index contributed by atoms with van der Waals surface area (Å²) in [6.45, 7) is 0.317. The van der Waals surface area contributed by atoms with Gasteiger partial charge in [0, 0.05) is 11.4 Å². The molecule has 1 atom stereocenters. The summed E-state index contributed by atoms with van der Waals surface area (Å²) >= 11 is 5.73. The number of ether oxygens (including phenoxy) is 2. The third-order valence-corrected chi connectivity index (χ3v) is 2.67. The summed E-state index contributed by atoms with van der Waals surface area (Å²) in [6.07, 6.45) is -0.179. The van der Waals surface area contributed by atoms with Gasteiger partial charge in [0.05, 0.1) is 13.0 Å². The van der Waals surface area contributed by atoms with Crippen LogP contribution in [-0.2, 0) is 25.5 Å². The number of halogens is 1. The normalized spacial score (nSPS) is 18.9. The van der Waals surface area contributed by atoms with Crippen molar-refractivity contribution in [1.29, 1.82) is 0 Å². The van der Waals surface area contributed by atoms with Gasteiger partial charge in [-0.15, -0.1) is 0 Å². The average molecular weight is 255 g/mol. The Morgan fingerprint density at radius 1 is 1.41 bits per heavy atom. The van der Waals surface area contributed by atoms with E-state index in [0.29, 0.717) is 18.1 Å². The summed E-state index contributed by atoms with van der Waals surface area (Å²) in [7, 11) is 0. The van der Waals surface area contributed by atoms with Gasteiger partial charge in [-0.1, -0.05) is 23.7 Å². The van der Waals surface area contributed by atoms with Gasteiger partial charge < -0.3 is 9.47 Å². The third-order valence-electron chi connectivity index (χ3n) is 2.42. The van der Waals surface area contributed by atoms with Crippen molar-refractivity contribution in [2.45, 2.75) is 18.9 Å². The first kappa shape index (κ1) is 11.9. The molecule has 4 nitrogen and oxygen atoms in total. The molecule has 0 saturated carbocycles. The lowest BCUT2D eigenvalue weighted by Crippen LogP contribution is -2.23. The van der Waals surface area contributed by atoms with E-state index in [1.54, 1.807) is 24.3 Å². The molecule has 1 aliphatic heterocycles. The van der Waals surface area contributed by atoms with E-state index in [2.05, 4.69) is 0 Å². The second kappa shape index (κ2) is 5.19. The Balaban J connectivity index is 1.88. The zero-order valence-corrected chi connectivity index (χ0v) is 9.77. The molecule has 0 N–H and O–H groups in total. The first-order chi connectivity index (χ1) is 8.15. The Kier molecular flexibility index (Phi) is 3.64. The van der Waals surface area contributed by atoms with Crippen LogP contribution in [0.15, 0.2) is 24.3 Å². The van der Waals surface area contributed by atoms with Crippen LogP contribution in [0, 0.1) is 0 Å². The fourth-order valence-electron chi connectivity index (χ4n) is 1.55. The zero-order chi connectivity index (χ0) is 12.3. The van der Waals surface area contributed by atoms with Crippen LogP contribution in [0.4, 0.5) is 0 Å². The summed E-state index contributed by atoms with van der Waals surface area (Å²) in [4.78, 5) is 22.6. The fourth-order valence-corrected chi connectivity index (χ4v) is 1.68. The molecule has 0 spiro atoms. The number of carbonyl (C=O) groups is 2. The maximum absolute atomic E-state index is 11.5. The topological polar surface area (TPSA) is 52.6 Å². The molecule has 0 aliphatic carbocycles. The summed E-state index contributed by atoms with van der Waals surface area (Å²) < 4.78 is 9.71. The van der Waals surface area contributed by atoms with Crippen LogP contribution < -0.4 is 0 Å². The van der Waals surface area contributed by atoms with Crippen LogP contribution in [0.3, 0.4) is 0 Å². The second-order valence-electron chi connectivity index (χ2n) is 3.74. The minimum absolute atomic E-state index is 0.126. The Bertz CT molecular complexity index is 427. The van der Waals surface area contributed by atoms with E-state index in [4.69, 9.17) is 21.1 Å². The summed E-state index contributed by atoms with van der Waals surface area (Å²) in [5.74, 6) is -0.898. The SMILES string of the molecule is O=C(Cc1ccc(Cl)cc1)OC1CCOC1=O. The zero-order valence-electron chi connectivity index (χ0n) is 9.02. The number of rotatable bonds is 3. The number of esters is 2. The number of carbonyl (C=O) groups excluding carboxylic acids is 2. The highest BCUT2D eigenvalue weighted by atomic mass is 35.5. The van der Waals surface area contributed by atoms with Crippen LogP contribution in [-0.4, -0.2) is 24.6 Å². The number of benzene rings is 1. The standard InChI is InChI=1S/C12H11ClO4/c13-9-3-1-8(2-4-9)7-11(14)17-10-5-6-16-12(10)15/h1-4,10H,5-7H2. The van der Waals surface area contributed by atoms with Gasteiger partial charge in [0.1, 0.15) is 0 Å². The minimum Gasteiger partial charge on any atom is -0.463 e. The molecular formula is C12H11ClO4. The van der Waals surface area contributed by atoms with Gasteiger partial charge in [0.2, 0.25) is 6.10 Å². The van der Waals surface area contributed by atoms with Crippen molar-refractivity contribution >= 4 is 23.5 Å². The molecule has 1 aromatic rings. The number of hydrogen-bond acceptors (Lipinski definition) is 4. The number of cyclic esters (lactones) is 1. The molecule has 1 aromatic carbocycles. The molecule has 2 rings (SSSR count). The van der Waals surface area contributed by atoms with Crippen molar-refractivity contribution in [3.63, 3.8) is 0 Å². The third kappa shape index (κ3) is 3.20. The second-order valence-corrected chi connectivity index (χ2v) is 4.17. The molecular weight excluding hydrogens is 244 g/mol. The minimum atomic E-state index is -0.741. The van der Waals surface area contributed by atoms with Gasteiger partial charge in [-0.3, -0.25) is 4.79 Å². The van der Waals surface area contributed by atoms with Crippen LogP contribution >= 0.6 is 11.6 Å². The highest BCUT2D eigenvalue weighted by molar-refractivity contribution is 6.30. The first-order valence-electron chi connectivity index (χ1n) is 5.26. The molecule has 1 fully saturated rings. The van der Waals surface area contributed by atoms with E-state index in [1.165, 1.54) is 0 Å². The largest absolute Gasteiger partial charge is 0.463 e. The van der Waals surface area contributed by atoms with E-state index in [-0.39, 0.29) is 6.42 Å². The van der Waals surface area contributed by atoms with Crippen LogP contribution in [0.2, 0.25) is 5.02 Å². The summed E-state index contributed by atoms with van der Waals surface area (Å²) in [5.41, 5.74) is 0.797. The molecule has 1 aliphatic rings. The predicted octanol–water partition coefficient (Wildman–Crippen LogP) is 1.74. The van der Waals surface area contributed by atoms with Crippen molar-refractivity contribution < 1.29 is 19.1 Å². The molecule has 5 heteroatoms. The molecule has 1 unspecified atom stereocenters. The van der Waals surface area contributed by atoms with Gasteiger partial charge in [-0.25, -0.2) is 4.79 Å². The Morgan fingerprint density at radius 2 is 2.12 bits per heavy atom. The van der Waals surface area contributed by atoms with E-state index in [9.17, 15) is 9.59 Å². The highest BCUT2D eigenvalue weighted by Crippen LogP contribution is 2.13. The smallest absolute Gasteiger partial charge is 0.347 e. The Labute approximate surface area is 103 Å². The van der Waals surface area contributed by atoms with E-state index < -0.39 is 18.0 Å². The van der Waals surface area contributed by atoms with Crippen molar-refractivity contribution in [1.82, 2.24) is 0 Å². The van der Waals surface area contributed by atoms with E-state index in [1.807, 2.05) is 0 Å². The maximum Gasteiger partial charge on any atom is 0.347 e. The molecule has 1 saturated heterocycles. The molecule has 0 amide bonds. The van der Waals surface area contributed by atoms with Crippen molar-refractivity contribution in [3.8, 4) is 0 Å². The van der Waals surface area contributed by atoms with Crippen LogP contribution in [0.5, 0.6) is 0 Å². The van der Waals surface area contributed by atoms with Gasteiger partial charge in [-0.2, -0.15) is 0 Å². The average Bonchev–Trinajstić information content (AvgIpc) is 2.68. The quantitative estimate of drug-likeness (QED) is 0.771. The first-order valence-corrected chi connectivity index (χ1v) is 5.63. The van der Waals surface area contributed by atoms with Crippen LogP contribution in [0.25, 0.3) is 0 Å². The maximum atomic E-state index is 11.5. The van der Waals surface area contributed by atoms with Crippen molar-refractivity contribution in [2.75, 3.05) is 6.61 Å². The fraction of sp³-hybridized carbons (Fsp3) is 0.333. The molecule has 90 valence electrons. The molecule has 0 aromatic heterocycles. The lowest BCUT2D eigenvalue weighted by molar-refractivity contribution is -0.159. The van der Waals surface area contributed by atoms with Crippen molar-refractivity contribution in [2.24, 2.45) is 0 Å². The lowest BCUT2D eigenvalue weighted by atomic mass is 10.1. The van der Waals surface area contributed by atoms with Gasteiger partial charge >= 0.3 is 11.9 Å². The monoisotopic (exact) mass is 254 g/mol. The van der Waals surface area contributed by atoms with Gasteiger partial charge in [0.25, 0.3) is 0 Å². The molecule has 0 bridgehead atoms. The van der Waals surface area contributed by atoms with Crippen molar-refractivity contribution in [3.05, 3.63) is 34.9 Å². The molecule has 0 radical (unpaired) electrons.